The summed E-state index contributed by atoms with van der Waals surface area (Å²) >= 11 is 0. The molecule has 1 aromatic heterocycles. The van der Waals surface area contributed by atoms with Gasteiger partial charge in [-0.25, -0.2) is 0 Å². The van der Waals surface area contributed by atoms with Gasteiger partial charge in [0.05, 0.1) is 0 Å². The highest BCUT2D eigenvalue weighted by Gasteiger charge is 2.02. The van der Waals surface area contributed by atoms with Crippen molar-refractivity contribution in [3.05, 3.63) is 65.0 Å². The molecule has 2 nitrogen and oxygen atoms in total. The van der Waals surface area contributed by atoms with Crippen molar-refractivity contribution >= 4 is 6.29 Å². The second kappa shape index (κ2) is 4.71. The lowest BCUT2D eigenvalue weighted by Gasteiger charge is -2.05. The van der Waals surface area contributed by atoms with E-state index in [1.807, 2.05) is 43.3 Å². The van der Waals surface area contributed by atoms with Gasteiger partial charge in [0.1, 0.15) is 6.29 Å². The molecule has 0 saturated heterocycles. The Balaban J connectivity index is 2.30. The Kier molecular flexibility index (Phi) is 3.10. The number of carbonyl (C=O) groups excluding carboxylic acids is 1. The molecule has 0 aliphatic carbocycles. The van der Waals surface area contributed by atoms with Crippen molar-refractivity contribution in [1.82, 2.24) is 4.98 Å². The molecule has 0 unspecified atom stereocenters. The number of hydrogen-bond acceptors (Lipinski definition) is 2. The molecule has 0 fully saturated rings. The number of aromatic nitrogens is 1. The largest absolute Gasteiger partial charge is 0.298 e. The van der Waals surface area contributed by atoms with E-state index in [0.29, 0.717) is 0 Å². The molecule has 0 spiro atoms. The van der Waals surface area contributed by atoms with E-state index < -0.39 is 0 Å². The Morgan fingerprint density at radius 3 is 2.81 bits per heavy atom. The maximum Gasteiger partial charge on any atom is 0.150 e. The third kappa shape index (κ3) is 2.34. The highest BCUT2D eigenvalue weighted by Crippen LogP contribution is 2.13. The summed E-state index contributed by atoms with van der Waals surface area (Å²) in [5, 5.41) is 0. The van der Waals surface area contributed by atoms with Crippen LogP contribution in [0.4, 0.5) is 0 Å². The molecule has 2 rings (SSSR count). The predicted octanol–water partition coefficient (Wildman–Crippen LogP) is 2.79. The molecule has 80 valence electrons. The topological polar surface area (TPSA) is 30.0 Å². The number of rotatable bonds is 3. The Labute approximate surface area is 95.0 Å². The molecular formula is C14H13NO. The smallest absolute Gasteiger partial charge is 0.150 e. The summed E-state index contributed by atoms with van der Waals surface area (Å²) in [6.07, 6.45) is 3.43. The van der Waals surface area contributed by atoms with E-state index in [1.54, 1.807) is 6.20 Å². The van der Waals surface area contributed by atoms with E-state index in [1.165, 1.54) is 5.56 Å². The molecule has 1 heterocycles. The summed E-state index contributed by atoms with van der Waals surface area (Å²) in [5.41, 5.74) is 4.09. The predicted molar refractivity (Wildman–Crippen MR) is 63.6 cm³/mol. The number of aryl methyl sites for hydroxylation is 1. The number of benzene rings is 1. The normalized spacial score (nSPS) is 10.1. The van der Waals surface area contributed by atoms with Crippen molar-refractivity contribution in [3.8, 4) is 0 Å². The maximum absolute atomic E-state index is 10.7. The molecule has 0 radical (unpaired) electrons. The van der Waals surface area contributed by atoms with Crippen LogP contribution < -0.4 is 0 Å². The molecule has 0 amide bonds. The standard InChI is InChI=1S/C14H13NO/c1-11-5-6-12(10-16)8-13(11)9-14-4-2-3-7-15-14/h2-8,10H,9H2,1H3. The van der Waals surface area contributed by atoms with E-state index in [9.17, 15) is 4.79 Å². The number of nitrogens with zero attached hydrogens (tertiary/aromatic N) is 1. The van der Waals surface area contributed by atoms with Gasteiger partial charge in [-0.15, -0.1) is 0 Å². The molecule has 0 aliphatic heterocycles. The van der Waals surface area contributed by atoms with Gasteiger partial charge < -0.3 is 0 Å². The van der Waals surface area contributed by atoms with Crippen LogP contribution in [0.2, 0.25) is 0 Å². The van der Waals surface area contributed by atoms with Gasteiger partial charge in [0.25, 0.3) is 0 Å². The zero-order chi connectivity index (χ0) is 11.4. The van der Waals surface area contributed by atoms with Crippen molar-refractivity contribution < 1.29 is 4.79 Å². The summed E-state index contributed by atoms with van der Waals surface area (Å²) in [7, 11) is 0. The SMILES string of the molecule is Cc1ccc(C=O)cc1Cc1ccccn1. The van der Waals surface area contributed by atoms with Crippen LogP contribution in [0.3, 0.4) is 0 Å². The lowest BCUT2D eigenvalue weighted by Crippen LogP contribution is -1.95. The Bertz CT molecular complexity index is 491. The van der Waals surface area contributed by atoms with Crippen molar-refractivity contribution in [2.24, 2.45) is 0 Å². The van der Waals surface area contributed by atoms with Gasteiger partial charge in [0, 0.05) is 23.9 Å². The van der Waals surface area contributed by atoms with E-state index >= 15 is 0 Å². The highest BCUT2D eigenvalue weighted by atomic mass is 16.1. The fourth-order valence-electron chi connectivity index (χ4n) is 1.65. The molecule has 0 atom stereocenters. The van der Waals surface area contributed by atoms with Gasteiger partial charge >= 0.3 is 0 Å². The van der Waals surface area contributed by atoms with Gasteiger partial charge in [0.15, 0.2) is 0 Å². The van der Waals surface area contributed by atoms with Crippen LogP contribution in [0.1, 0.15) is 27.2 Å². The average Bonchev–Trinajstić information content (AvgIpc) is 2.33. The minimum absolute atomic E-state index is 0.719. The summed E-state index contributed by atoms with van der Waals surface area (Å²) in [5.74, 6) is 0. The van der Waals surface area contributed by atoms with Crippen molar-refractivity contribution in [2.45, 2.75) is 13.3 Å². The Morgan fingerprint density at radius 2 is 2.12 bits per heavy atom. The fraction of sp³-hybridized carbons (Fsp3) is 0.143. The summed E-state index contributed by atoms with van der Waals surface area (Å²) in [6, 6.07) is 11.6. The Hall–Kier alpha value is -1.96. The highest BCUT2D eigenvalue weighted by molar-refractivity contribution is 5.75. The van der Waals surface area contributed by atoms with Crippen LogP contribution in [-0.4, -0.2) is 11.3 Å². The second-order valence-corrected chi connectivity index (χ2v) is 3.80. The summed E-state index contributed by atoms with van der Waals surface area (Å²) in [6.45, 7) is 2.05. The zero-order valence-corrected chi connectivity index (χ0v) is 9.18. The van der Waals surface area contributed by atoms with Gasteiger partial charge in [-0.05, 0) is 36.2 Å². The van der Waals surface area contributed by atoms with Gasteiger partial charge in [-0.3, -0.25) is 9.78 Å². The molecule has 2 aromatic rings. The number of hydrogen-bond donors (Lipinski definition) is 0. The van der Waals surface area contributed by atoms with Crippen molar-refractivity contribution in [2.75, 3.05) is 0 Å². The molecule has 0 saturated carbocycles. The zero-order valence-electron chi connectivity index (χ0n) is 9.18. The van der Waals surface area contributed by atoms with Crippen LogP contribution in [0, 0.1) is 6.92 Å². The first-order valence-corrected chi connectivity index (χ1v) is 5.24. The van der Waals surface area contributed by atoms with Gasteiger partial charge in [0.2, 0.25) is 0 Å². The lowest BCUT2D eigenvalue weighted by atomic mass is 10.0. The summed E-state index contributed by atoms with van der Waals surface area (Å²) < 4.78 is 0. The number of pyridine rings is 1. The number of carbonyl (C=O) groups is 1. The third-order valence-electron chi connectivity index (χ3n) is 2.61. The van der Waals surface area contributed by atoms with Gasteiger partial charge in [-0.2, -0.15) is 0 Å². The molecule has 0 aliphatic rings. The first-order valence-electron chi connectivity index (χ1n) is 5.24. The van der Waals surface area contributed by atoms with E-state index in [4.69, 9.17) is 0 Å². The molecule has 2 heteroatoms. The fourth-order valence-corrected chi connectivity index (χ4v) is 1.65. The lowest BCUT2D eigenvalue weighted by molar-refractivity contribution is 0.112. The van der Waals surface area contributed by atoms with Crippen LogP contribution >= 0.6 is 0 Å². The van der Waals surface area contributed by atoms with Crippen LogP contribution in [0.25, 0.3) is 0 Å². The Morgan fingerprint density at radius 1 is 1.25 bits per heavy atom. The van der Waals surface area contributed by atoms with E-state index in [0.717, 1.165) is 29.5 Å². The average molecular weight is 211 g/mol. The summed E-state index contributed by atoms with van der Waals surface area (Å²) in [4.78, 5) is 15.0. The van der Waals surface area contributed by atoms with Gasteiger partial charge in [-0.1, -0.05) is 18.2 Å². The number of aldehydes is 1. The molecular weight excluding hydrogens is 198 g/mol. The first kappa shape index (κ1) is 10.6. The molecule has 0 bridgehead atoms. The molecule has 16 heavy (non-hydrogen) atoms. The van der Waals surface area contributed by atoms with Crippen molar-refractivity contribution in [1.29, 1.82) is 0 Å². The van der Waals surface area contributed by atoms with Crippen LogP contribution in [0.5, 0.6) is 0 Å². The maximum atomic E-state index is 10.7. The van der Waals surface area contributed by atoms with Crippen molar-refractivity contribution in [3.63, 3.8) is 0 Å². The third-order valence-corrected chi connectivity index (χ3v) is 2.61. The second-order valence-electron chi connectivity index (χ2n) is 3.80. The van der Waals surface area contributed by atoms with E-state index in [-0.39, 0.29) is 0 Å². The first-order chi connectivity index (χ1) is 7.79. The monoisotopic (exact) mass is 211 g/mol. The minimum atomic E-state index is 0.719. The molecule has 0 N–H and O–H groups in total. The van der Waals surface area contributed by atoms with Crippen LogP contribution in [0.15, 0.2) is 42.6 Å². The minimum Gasteiger partial charge on any atom is -0.298 e. The van der Waals surface area contributed by atoms with E-state index in [2.05, 4.69) is 4.98 Å². The quantitative estimate of drug-likeness (QED) is 0.731. The molecule has 1 aromatic carbocycles. The van der Waals surface area contributed by atoms with Crippen LogP contribution in [-0.2, 0) is 6.42 Å².